The number of thiophene rings is 1. The van der Waals surface area contributed by atoms with Crippen LogP contribution in [-0.2, 0) is 11.3 Å². The van der Waals surface area contributed by atoms with Crippen LogP contribution in [0.1, 0.15) is 38.5 Å². The van der Waals surface area contributed by atoms with Gasteiger partial charge in [-0.15, -0.1) is 23.7 Å². The fourth-order valence-electron chi connectivity index (χ4n) is 1.94. The number of halogens is 2. The minimum atomic E-state index is -0.772. The van der Waals surface area contributed by atoms with E-state index in [1.54, 1.807) is 4.90 Å². The van der Waals surface area contributed by atoms with Crippen LogP contribution >= 0.6 is 35.3 Å². The molecule has 1 rings (SSSR count). The van der Waals surface area contributed by atoms with Crippen molar-refractivity contribution >= 4 is 41.3 Å². The van der Waals surface area contributed by atoms with E-state index < -0.39 is 5.54 Å². The zero-order chi connectivity index (χ0) is 13.8. The van der Waals surface area contributed by atoms with E-state index in [4.69, 9.17) is 17.3 Å². The highest BCUT2D eigenvalue weighted by molar-refractivity contribution is 7.16. The van der Waals surface area contributed by atoms with Gasteiger partial charge in [0.25, 0.3) is 0 Å². The number of rotatable bonds is 6. The minimum Gasteiger partial charge on any atom is -0.336 e. The zero-order valence-electron chi connectivity index (χ0n) is 11.6. The first-order chi connectivity index (χ1) is 8.40. The van der Waals surface area contributed by atoms with Crippen LogP contribution in [0.4, 0.5) is 0 Å². The number of nitrogens with zero attached hydrogens (tertiary/aromatic N) is 1. The van der Waals surface area contributed by atoms with Gasteiger partial charge in [0, 0.05) is 11.4 Å². The second-order valence-electron chi connectivity index (χ2n) is 4.69. The van der Waals surface area contributed by atoms with E-state index in [1.165, 1.54) is 11.3 Å². The van der Waals surface area contributed by atoms with E-state index in [0.29, 0.717) is 19.5 Å². The Labute approximate surface area is 130 Å². The lowest BCUT2D eigenvalue weighted by molar-refractivity contribution is -0.137. The molecule has 110 valence electrons. The van der Waals surface area contributed by atoms with Gasteiger partial charge in [0.1, 0.15) is 0 Å². The highest BCUT2D eigenvalue weighted by Crippen LogP contribution is 2.23. The molecule has 1 atom stereocenters. The second kappa shape index (κ2) is 8.10. The molecule has 1 aromatic rings. The van der Waals surface area contributed by atoms with Crippen molar-refractivity contribution < 1.29 is 4.79 Å². The monoisotopic (exact) mass is 324 g/mol. The van der Waals surface area contributed by atoms with Crippen LogP contribution in [0.25, 0.3) is 0 Å². The Bertz CT molecular complexity index is 407. The number of hydrogen-bond acceptors (Lipinski definition) is 3. The lowest BCUT2D eigenvalue weighted by Crippen LogP contribution is -2.52. The molecule has 19 heavy (non-hydrogen) atoms. The first-order valence-corrected chi connectivity index (χ1v) is 7.42. The Morgan fingerprint density at radius 1 is 1.47 bits per heavy atom. The van der Waals surface area contributed by atoms with E-state index in [-0.39, 0.29) is 18.3 Å². The molecule has 3 nitrogen and oxygen atoms in total. The summed E-state index contributed by atoms with van der Waals surface area (Å²) in [5.41, 5.74) is 5.32. The number of likely N-dealkylation sites (N-methyl/N-ethyl adjacent to an activating group) is 1. The molecule has 0 aliphatic rings. The summed E-state index contributed by atoms with van der Waals surface area (Å²) in [6.45, 7) is 7.06. The van der Waals surface area contributed by atoms with Crippen LogP contribution < -0.4 is 5.73 Å². The van der Waals surface area contributed by atoms with Crippen LogP contribution in [0.2, 0.25) is 4.34 Å². The van der Waals surface area contributed by atoms with Gasteiger partial charge in [-0.3, -0.25) is 4.79 Å². The molecule has 1 aromatic heterocycles. The predicted molar refractivity (Wildman–Crippen MR) is 85.2 cm³/mol. The van der Waals surface area contributed by atoms with E-state index in [0.717, 1.165) is 15.6 Å². The Morgan fingerprint density at radius 3 is 2.53 bits per heavy atom. The van der Waals surface area contributed by atoms with E-state index in [1.807, 2.05) is 32.9 Å². The summed E-state index contributed by atoms with van der Waals surface area (Å²) in [7, 11) is 0. The third-order valence-electron chi connectivity index (χ3n) is 2.90. The molecule has 0 bridgehead atoms. The largest absolute Gasteiger partial charge is 0.336 e. The SMILES string of the molecule is CCCC(C)(N)C(=O)N(CC)Cc1ccc(Cl)s1.Cl. The number of nitrogens with two attached hydrogens (primary N) is 1. The maximum Gasteiger partial charge on any atom is 0.242 e. The van der Waals surface area contributed by atoms with Gasteiger partial charge < -0.3 is 10.6 Å². The third kappa shape index (κ3) is 5.30. The Hall–Kier alpha value is -0.290. The van der Waals surface area contributed by atoms with Crippen molar-refractivity contribution in [1.82, 2.24) is 4.90 Å². The highest BCUT2D eigenvalue weighted by Gasteiger charge is 2.31. The first kappa shape index (κ1) is 18.7. The fourth-order valence-corrected chi connectivity index (χ4v) is 3.04. The van der Waals surface area contributed by atoms with Crippen molar-refractivity contribution in [2.45, 2.75) is 45.7 Å². The first-order valence-electron chi connectivity index (χ1n) is 6.23. The molecule has 1 heterocycles. The lowest BCUT2D eigenvalue weighted by atomic mass is 9.95. The zero-order valence-corrected chi connectivity index (χ0v) is 14.0. The molecule has 0 aliphatic carbocycles. The number of amides is 1. The van der Waals surface area contributed by atoms with Crippen LogP contribution in [0, 0.1) is 0 Å². The molecule has 0 spiro atoms. The van der Waals surface area contributed by atoms with Gasteiger partial charge in [-0.05, 0) is 32.4 Å². The molecular formula is C13H22Cl2N2OS. The van der Waals surface area contributed by atoms with Crippen molar-refractivity contribution in [3.05, 3.63) is 21.3 Å². The third-order valence-corrected chi connectivity index (χ3v) is 4.12. The number of carbonyl (C=O) groups excluding carboxylic acids is 1. The molecule has 2 N–H and O–H groups in total. The van der Waals surface area contributed by atoms with E-state index >= 15 is 0 Å². The topological polar surface area (TPSA) is 46.3 Å². The fraction of sp³-hybridized carbons (Fsp3) is 0.615. The Morgan fingerprint density at radius 2 is 2.11 bits per heavy atom. The van der Waals surface area contributed by atoms with Gasteiger partial charge in [-0.25, -0.2) is 0 Å². The molecular weight excluding hydrogens is 303 g/mol. The summed E-state index contributed by atoms with van der Waals surface area (Å²) in [6, 6.07) is 3.81. The molecule has 0 fully saturated rings. The predicted octanol–water partition coefficient (Wildman–Crippen LogP) is 3.69. The van der Waals surface area contributed by atoms with Gasteiger partial charge in [-0.1, -0.05) is 24.9 Å². The summed E-state index contributed by atoms with van der Waals surface area (Å²) in [6.07, 6.45) is 1.61. The molecule has 0 aliphatic heterocycles. The van der Waals surface area contributed by atoms with Crippen LogP contribution in [0.15, 0.2) is 12.1 Å². The van der Waals surface area contributed by atoms with Crippen molar-refractivity contribution in [3.63, 3.8) is 0 Å². The van der Waals surface area contributed by atoms with Gasteiger partial charge >= 0.3 is 0 Å². The van der Waals surface area contributed by atoms with Gasteiger partial charge in [-0.2, -0.15) is 0 Å². The molecule has 0 radical (unpaired) electrons. The van der Waals surface area contributed by atoms with Crippen LogP contribution in [-0.4, -0.2) is 22.9 Å². The summed E-state index contributed by atoms with van der Waals surface area (Å²) in [4.78, 5) is 15.2. The van der Waals surface area contributed by atoms with Crippen LogP contribution in [0.3, 0.4) is 0 Å². The Kier molecular flexibility index (Phi) is 7.98. The normalized spacial score (nSPS) is 13.5. The molecule has 0 saturated heterocycles. The van der Waals surface area contributed by atoms with Gasteiger partial charge in [0.05, 0.1) is 16.4 Å². The van der Waals surface area contributed by atoms with E-state index in [2.05, 4.69) is 0 Å². The summed E-state index contributed by atoms with van der Waals surface area (Å²) >= 11 is 7.40. The second-order valence-corrected chi connectivity index (χ2v) is 6.49. The highest BCUT2D eigenvalue weighted by atomic mass is 35.5. The molecule has 0 aromatic carbocycles. The summed E-state index contributed by atoms with van der Waals surface area (Å²) in [5, 5.41) is 0. The molecule has 1 unspecified atom stereocenters. The van der Waals surface area contributed by atoms with Crippen molar-refractivity contribution in [2.75, 3.05) is 6.54 Å². The Balaban J connectivity index is 0.00000324. The van der Waals surface area contributed by atoms with Crippen LogP contribution in [0.5, 0.6) is 0 Å². The standard InChI is InChI=1S/C13H21ClN2OS.ClH/c1-4-8-13(3,15)12(17)16(5-2)9-10-6-7-11(14)18-10;/h6-7H,4-5,8-9,15H2,1-3H3;1H. The average molecular weight is 325 g/mol. The van der Waals surface area contributed by atoms with Gasteiger partial charge in [0.2, 0.25) is 5.91 Å². The van der Waals surface area contributed by atoms with Crippen molar-refractivity contribution in [1.29, 1.82) is 0 Å². The van der Waals surface area contributed by atoms with Crippen molar-refractivity contribution in [3.8, 4) is 0 Å². The molecule has 1 amide bonds. The summed E-state index contributed by atoms with van der Waals surface area (Å²) < 4.78 is 0.748. The number of carbonyl (C=O) groups is 1. The lowest BCUT2D eigenvalue weighted by Gasteiger charge is -2.30. The minimum absolute atomic E-state index is 0. The average Bonchev–Trinajstić information content (AvgIpc) is 2.70. The summed E-state index contributed by atoms with van der Waals surface area (Å²) in [5.74, 6) is 0.0105. The number of hydrogen-bond donors (Lipinski definition) is 1. The maximum absolute atomic E-state index is 12.4. The maximum atomic E-state index is 12.4. The van der Waals surface area contributed by atoms with Crippen molar-refractivity contribution in [2.24, 2.45) is 5.73 Å². The molecule has 6 heteroatoms. The molecule has 0 saturated carbocycles. The van der Waals surface area contributed by atoms with E-state index in [9.17, 15) is 4.79 Å². The smallest absolute Gasteiger partial charge is 0.242 e. The quantitative estimate of drug-likeness (QED) is 0.867. The van der Waals surface area contributed by atoms with Gasteiger partial charge in [0.15, 0.2) is 0 Å².